The number of ether oxygens (including phenoxy) is 2. The number of fused-ring (bicyclic) bond motifs is 12. The Kier molecular flexibility index (Phi) is 21.1. The summed E-state index contributed by atoms with van der Waals surface area (Å²) in [5.41, 5.74) is 17.1. The monoisotopic (exact) mass is 1370 g/mol. The number of rotatable bonds is 17. The van der Waals surface area contributed by atoms with Gasteiger partial charge in [-0.2, -0.15) is 13.2 Å². The maximum atomic E-state index is 13.2. The van der Waals surface area contributed by atoms with E-state index in [2.05, 4.69) is 88.0 Å². The molecule has 0 unspecified atom stereocenters. The van der Waals surface area contributed by atoms with Crippen LogP contribution in [-0.4, -0.2) is 149 Å². The summed E-state index contributed by atoms with van der Waals surface area (Å²) in [5.74, 6) is 3.05. The van der Waals surface area contributed by atoms with Crippen molar-refractivity contribution >= 4 is 23.5 Å². The van der Waals surface area contributed by atoms with Crippen LogP contribution in [0.25, 0.3) is 0 Å². The number of aliphatic hydroxyl groups excluding tert-OH is 2. The average molecular weight is 1370 g/mol. The molecule has 2 aromatic carbocycles. The first-order valence-corrected chi connectivity index (χ1v) is 38.6. The molecule has 4 aliphatic heterocycles. The number of nitrogens with zero attached hydrogens (tertiary/aromatic N) is 2. The lowest BCUT2D eigenvalue weighted by Crippen LogP contribution is -2.54. The highest BCUT2D eigenvalue weighted by atomic mass is 19.4. The molecule has 7 N–H and O–H groups in total. The first-order valence-electron chi connectivity index (χ1n) is 38.6. The van der Waals surface area contributed by atoms with Crippen LogP contribution in [-0.2, 0) is 30.3 Å². The molecule has 14 nitrogen and oxygen atoms in total. The number of benzene rings is 2. The zero-order chi connectivity index (χ0) is 70.1. The van der Waals surface area contributed by atoms with Crippen LogP contribution in [0.15, 0.2) is 100 Å². The molecule has 2 spiro atoms. The standard InChI is InChI=1S/C53H69F3N4O6.C29H46N2O2/c1-32-27-45-47(34(3)52(66-45)23-21-40-41-19-18-38-29-39(61)20-22-51(38,4)43(41)30-42(40)33(52)2)60(31-32)26-25-57-46(62)13-9-6-10-24-58-49(64)44(59-50(65)53(54,55)56)28-35-14-16-37(17-15-35)48(63)36-11-7-5-8-12-36;1-17-13-26-27(31(16-17)12-11-30)19(3)29(33-26)10-8-22-23-6-5-20-14-21(32)7-9-28(20,4)25(23)15-24(22)18(29)2/h5,7-8,11-12,14-18,32,34,39-41,43-45,47,61H,6,9-10,13,19-31H2,1-4H3,(H,57,62)(H,58,64)(H,59,65);5,17,19,21-23,25-27,32H,6-16,30H2,1-4H3/t32-,34+,39-,40-,41-,43-,44-,45+,47-,51-,52-;17-,19+,21-,22-,23-,25-,26+,27-,28-,29-/m00/s1. The van der Waals surface area contributed by atoms with Gasteiger partial charge in [0, 0.05) is 93.7 Å². The second-order valence-corrected chi connectivity index (χ2v) is 33.8. The van der Waals surface area contributed by atoms with E-state index in [1.807, 2.05) is 5.32 Å². The lowest BCUT2D eigenvalue weighted by Gasteiger charge is -2.49. The summed E-state index contributed by atoms with van der Waals surface area (Å²) in [6.45, 7) is 24.7. The summed E-state index contributed by atoms with van der Waals surface area (Å²) in [4.78, 5) is 56.0. The number of aliphatic hydroxyl groups is 2. The number of carbonyl (C=O) groups excluding carboxylic acids is 4. The van der Waals surface area contributed by atoms with E-state index in [0.29, 0.717) is 108 Å². The van der Waals surface area contributed by atoms with E-state index in [4.69, 9.17) is 15.2 Å². The molecule has 4 saturated heterocycles. The SMILES string of the molecule is CC1=C2C[C@H]3[C@@H](CC=C4C[C@@H](O)CC[C@@]43C)[C@@H]2CC[C@]12O[C@@H]1C[C@H](C)CN(CCN)[C@H]1[C@H]2C.CC1=C2C[C@H]3[C@@H](CC=C4C[C@@H](O)CC[C@@]43C)[C@@H]2CC[C@]12O[C@@H]1C[C@H](C)CN(CCNC(=O)CCCCCNC(=O)[C@H](Cc3ccc(C(=O)c4ccccc4)cc3)NC(=O)C(F)(F)F)[C@H]1[C@H]2C. The number of nitrogens with one attached hydrogen (secondary N) is 3. The van der Waals surface area contributed by atoms with Crippen LogP contribution in [0.2, 0.25) is 0 Å². The zero-order valence-electron chi connectivity index (χ0n) is 60.4. The van der Waals surface area contributed by atoms with Gasteiger partial charge in [-0.15, -0.1) is 0 Å². The number of hydrogen-bond acceptors (Lipinski definition) is 11. The molecule has 3 amide bonds. The van der Waals surface area contributed by atoms with Gasteiger partial charge in [0.25, 0.3) is 0 Å². The van der Waals surface area contributed by atoms with Crippen molar-refractivity contribution in [2.24, 2.45) is 75.7 Å². The highest BCUT2D eigenvalue weighted by Crippen LogP contribution is 2.67. The Bertz CT molecular complexity index is 3450. The van der Waals surface area contributed by atoms with Crippen molar-refractivity contribution in [2.75, 3.05) is 45.8 Å². The highest BCUT2D eigenvalue weighted by molar-refractivity contribution is 6.09. The molecule has 99 heavy (non-hydrogen) atoms. The maximum absolute atomic E-state index is 13.2. The molecule has 8 fully saturated rings. The number of likely N-dealkylation sites (tertiary alicyclic amines) is 2. The van der Waals surface area contributed by atoms with Gasteiger partial charge >= 0.3 is 12.1 Å². The van der Waals surface area contributed by atoms with Crippen molar-refractivity contribution < 1.29 is 52.0 Å². The lowest BCUT2D eigenvalue weighted by molar-refractivity contribution is -0.174. The quantitative estimate of drug-likeness (QED) is 0.0501. The van der Waals surface area contributed by atoms with Gasteiger partial charge in [0.15, 0.2) is 5.78 Å². The minimum atomic E-state index is -5.17. The third kappa shape index (κ3) is 13.7. The average Bonchev–Trinajstić information content (AvgIpc) is 1.56. The van der Waals surface area contributed by atoms with Crippen molar-refractivity contribution in [3.63, 3.8) is 0 Å². The summed E-state index contributed by atoms with van der Waals surface area (Å²) >= 11 is 0. The fraction of sp³-hybridized carbons (Fsp3) is 0.707. The number of alkyl halides is 3. The largest absolute Gasteiger partial charge is 0.471 e. The Balaban J connectivity index is 0.000000221. The minimum absolute atomic E-state index is 0.0420. The van der Waals surface area contributed by atoms with Crippen molar-refractivity contribution in [1.82, 2.24) is 25.8 Å². The number of carbonyl (C=O) groups is 4. The summed E-state index contributed by atoms with van der Waals surface area (Å²) in [6, 6.07) is 14.2. The predicted molar refractivity (Wildman–Crippen MR) is 379 cm³/mol. The van der Waals surface area contributed by atoms with E-state index in [1.165, 1.54) is 56.2 Å². The molecule has 542 valence electrons. The fourth-order valence-electron chi connectivity index (χ4n) is 23.2. The van der Waals surface area contributed by atoms with Crippen LogP contribution in [0.4, 0.5) is 13.2 Å². The number of amides is 3. The van der Waals surface area contributed by atoms with Gasteiger partial charge in [0.2, 0.25) is 11.8 Å². The molecule has 14 rings (SSSR count). The van der Waals surface area contributed by atoms with Crippen LogP contribution < -0.4 is 21.7 Å². The molecule has 12 aliphatic rings. The van der Waals surface area contributed by atoms with Gasteiger partial charge in [-0.1, -0.05) is 137 Å². The fourth-order valence-corrected chi connectivity index (χ4v) is 23.2. The van der Waals surface area contributed by atoms with E-state index in [1.54, 1.807) is 76.9 Å². The number of piperidine rings is 2. The summed E-state index contributed by atoms with van der Waals surface area (Å²) in [5, 5.41) is 28.4. The maximum Gasteiger partial charge on any atom is 0.471 e. The van der Waals surface area contributed by atoms with E-state index in [-0.39, 0.29) is 65.6 Å². The van der Waals surface area contributed by atoms with Crippen LogP contribution in [0.1, 0.15) is 205 Å². The van der Waals surface area contributed by atoms with Crippen molar-refractivity contribution in [3.8, 4) is 0 Å². The molecular formula is C82H115F3N6O8. The van der Waals surface area contributed by atoms with E-state index >= 15 is 0 Å². The molecule has 21 atom stereocenters. The highest BCUT2D eigenvalue weighted by Gasteiger charge is 2.64. The molecule has 8 aliphatic carbocycles. The van der Waals surface area contributed by atoms with E-state index in [0.717, 1.165) is 108 Å². The number of halogens is 3. The Morgan fingerprint density at radius 3 is 1.68 bits per heavy atom. The number of nitrogens with two attached hydrogens (primary N) is 1. The van der Waals surface area contributed by atoms with Gasteiger partial charge in [-0.25, -0.2) is 0 Å². The smallest absolute Gasteiger partial charge is 0.393 e. The second kappa shape index (κ2) is 28.9. The molecule has 4 heterocycles. The molecule has 0 aromatic heterocycles. The van der Waals surface area contributed by atoms with Gasteiger partial charge in [-0.05, 0) is 204 Å². The Morgan fingerprint density at radius 2 is 1.16 bits per heavy atom. The topological polar surface area (TPSA) is 196 Å². The van der Waals surface area contributed by atoms with Crippen LogP contribution >= 0.6 is 0 Å². The van der Waals surface area contributed by atoms with Crippen molar-refractivity contribution in [3.05, 3.63) is 117 Å². The molecule has 0 bridgehead atoms. The molecule has 17 heteroatoms. The number of ketones is 1. The number of hydrogen-bond donors (Lipinski definition) is 6. The van der Waals surface area contributed by atoms with Crippen molar-refractivity contribution in [2.45, 2.75) is 250 Å². The molecule has 0 radical (unpaired) electrons. The third-order valence-electron chi connectivity index (χ3n) is 28.3. The van der Waals surface area contributed by atoms with Crippen LogP contribution in [0.5, 0.6) is 0 Å². The van der Waals surface area contributed by atoms with E-state index in [9.17, 15) is 42.6 Å². The van der Waals surface area contributed by atoms with Gasteiger partial charge in [0.1, 0.15) is 6.04 Å². The molecule has 2 aromatic rings. The van der Waals surface area contributed by atoms with Crippen molar-refractivity contribution in [1.29, 1.82) is 0 Å². The number of unbranched alkanes of at least 4 members (excludes halogenated alkanes) is 2. The normalized spacial score (nSPS) is 38.6. The van der Waals surface area contributed by atoms with Gasteiger partial charge in [-0.3, -0.25) is 29.0 Å². The summed E-state index contributed by atoms with van der Waals surface area (Å²) in [7, 11) is 0. The summed E-state index contributed by atoms with van der Waals surface area (Å²) in [6.07, 6.45) is 19.5. The Morgan fingerprint density at radius 1 is 0.646 bits per heavy atom. The second-order valence-electron chi connectivity index (χ2n) is 33.8. The van der Waals surface area contributed by atoms with E-state index < -0.39 is 24.0 Å². The number of allylic oxidation sites excluding steroid dienone is 4. The zero-order valence-corrected chi connectivity index (χ0v) is 60.4. The van der Waals surface area contributed by atoms with Gasteiger partial charge < -0.3 is 41.4 Å². The Hall–Kier alpha value is -5.01. The first-order chi connectivity index (χ1) is 47.3. The predicted octanol–water partition coefficient (Wildman–Crippen LogP) is 12.7. The van der Waals surface area contributed by atoms with Crippen LogP contribution in [0, 0.1) is 70.0 Å². The Labute approximate surface area is 587 Å². The molecular weight excluding hydrogens is 1250 g/mol. The summed E-state index contributed by atoms with van der Waals surface area (Å²) < 4.78 is 54.1. The lowest BCUT2D eigenvalue weighted by atomic mass is 9.56. The minimum Gasteiger partial charge on any atom is -0.393 e. The molecule has 4 saturated carbocycles. The van der Waals surface area contributed by atoms with Crippen LogP contribution in [0.3, 0.4) is 0 Å². The third-order valence-corrected chi connectivity index (χ3v) is 28.3. The first kappa shape index (κ1) is 72.3. The van der Waals surface area contributed by atoms with Gasteiger partial charge in [0.05, 0.1) is 35.6 Å².